The van der Waals surface area contributed by atoms with Crippen LogP contribution in [0.1, 0.15) is 38.4 Å². The maximum atomic E-state index is 13.3. The Bertz CT molecular complexity index is 832. The van der Waals surface area contributed by atoms with Gasteiger partial charge in [0.15, 0.2) is 0 Å². The van der Waals surface area contributed by atoms with Crippen molar-refractivity contribution in [3.63, 3.8) is 0 Å². The molecule has 2 heterocycles. The molecule has 0 radical (unpaired) electrons. The quantitative estimate of drug-likeness (QED) is 0.849. The highest BCUT2D eigenvalue weighted by molar-refractivity contribution is 7.92. The zero-order valence-electron chi connectivity index (χ0n) is 14.1. The minimum Gasteiger partial charge on any atom is -0.274 e. The van der Waals surface area contributed by atoms with Gasteiger partial charge in [0.05, 0.1) is 11.4 Å². The zero-order chi connectivity index (χ0) is 16.8. The number of anilines is 1. The van der Waals surface area contributed by atoms with Crippen molar-refractivity contribution >= 4 is 15.7 Å². The molecule has 6 heteroatoms. The van der Waals surface area contributed by atoms with Crippen molar-refractivity contribution in [3.05, 3.63) is 41.7 Å². The molecule has 1 aromatic heterocycles. The normalized spacial score (nSPS) is 15.6. The molecule has 0 aliphatic carbocycles. The topological polar surface area (TPSA) is 55.2 Å². The van der Waals surface area contributed by atoms with Crippen molar-refractivity contribution in [3.8, 4) is 0 Å². The van der Waals surface area contributed by atoms with Crippen molar-refractivity contribution in [2.24, 2.45) is 7.05 Å². The Labute approximate surface area is 138 Å². The van der Waals surface area contributed by atoms with Gasteiger partial charge in [-0.15, -0.1) is 0 Å². The summed E-state index contributed by atoms with van der Waals surface area (Å²) in [5.41, 5.74) is 2.16. The van der Waals surface area contributed by atoms with E-state index in [1.807, 2.05) is 45.0 Å². The van der Waals surface area contributed by atoms with Crippen LogP contribution in [0.25, 0.3) is 0 Å². The molecule has 1 aliphatic rings. The van der Waals surface area contributed by atoms with Gasteiger partial charge in [0.25, 0.3) is 10.0 Å². The molecule has 1 aromatic carbocycles. The highest BCUT2D eigenvalue weighted by atomic mass is 32.2. The summed E-state index contributed by atoms with van der Waals surface area (Å²) in [6, 6.07) is 7.74. The molecule has 0 amide bonds. The third-order valence-electron chi connectivity index (χ3n) is 4.14. The first-order valence-electron chi connectivity index (χ1n) is 7.86. The van der Waals surface area contributed by atoms with Gasteiger partial charge in [-0.2, -0.15) is 5.10 Å². The summed E-state index contributed by atoms with van der Waals surface area (Å²) in [6.45, 7) is 6.47. The molecule has 3 rings (SSSR count). The molecule has 0 saturated carbocycles. The largest absolute Gasteiger partial charge is 0.274 e. The molecule has 2 aromatic rings. The van der Waals surface area contributed by atoms with E-state index in [0.717, 1.165) is 24.1 Å². The van der Waals surface area contributed by atoms with Gasteiger partial charge in [0.1, 0.15) is 4.90 Å². The first kappa shape index (κ1) is 16.1. The van der Waals surface area contributed by atoms with Gasteiger partial charge in [-0.25, -0.2) is 8.42 Å². The number of hydrogen-bond donors (Lipinski definition) is 0. The molecular formula is C17H23N3O2S. The van der Waals surface area contributed by atoms with Crippen molar-refractivity contribution in [2.45, 2.75) is 43.9 Å². The van der Waals surface area contributed by atoms with Crippen LogP contribution in [-0.2, 0) is 28.9 Å². The van der Waals surface area contributed by atoms with Crippen LogP contribution in [0.3, 0.4) is 0 Å². The first-order chi connectivity index (χ1) is 10.7. The summed E-state index contributed by atoms with van der Waals surface area (Å²) < 4.78 is 29.7. The zero-order valence-corrected chi connectivity index (χ0v) is 14.9. The third-order valence-corrected chi connectivity index (χ3v) is 5.96. The number of benzene rings is 1. The fourth-order valence-corrected chi connectivity index (χ4v) is 4.96. The molecule has 1 aliphatic heterocycles. The number of aromatic nitrogens is 2. The van der Waals surface area contributed by atoms with Crippen molar-refractivity contribution in [2.75, 3.05) is 10.8 Å². The number of aryl methyl sites for hydroxylation is 2. The lowest BCUT2D eigenvalue weighted by Crippen LogP contribution is -2.36. The summed E-state index contributed by atoms with van der Waals surface area (Å²) in [5, 5.41) is 4.41. The minimum absolute atomic E-state index is 0.309. The van der Waals surface area contributed by atoms with Crippen LogP contribution in [0.5, 0.6) is 0 Å². The Morgan fingerprint density at radius 2 is 1.87 bits per heavy atom. The summed E-state index contributed by atoms with van der Waals surface area (Å²) in [7, 11) is -1.86. The van der Waals surface area contributed by atoms with Gasteiger partial charge >= 0.3 is 0 Å². The highest BCUT2D eigenvalue weighted by Crippen LogP contribution is 2.35. The summed E-state index contributed by atoms with van der Waals surface area (Å²) >= 11 is 0. The number of rotatable bonds is 2. The van der Waals surface area contributed by atoms with Crippen LogP contribution < -0.4 is 4.31 Å². The van der Waals surface area contributed by atoms with Crippen LogP contribution >= 0.6 is 0 Å². The third kappa shape index (κ3) is 2.76. The first-order valence-corrected chi connectivity index (χ1v) is 9.30. The Hall–Kier alpha value is -1.82. The van der Waals surface area contributed by atoms with E-state index in [2.05, 4.69) is 5.10 Å². The fraction of sp³-hybridized carbons (Fsp3) is 0.471. The Morgan fingerprint density at radius 3 is 2.57 bits per heavy atom. The van der Waals surface area contributed by atoms with E-state index in [4.69, 9.17) is 0 Å². The Kier molecular flexibility index (Phi) is 3.75. The lowest BCUT2D eigenvalue weighted by Gasteiger charge is -2.31. The molecular weight excluding hydrogens is 310 g/mol. The van der Waals surface area contributed by atoms with Crippen LogP contribution in [0.2, 0.25) is 0 Å². The summed E-state index contributed by atoms with van der Waals surface area (Å²) in [6.07, 6.45) is 3.37. The second-order valence-electron chi connectivity index (χ2n) is 7.08. The van der Waals surface area contributed by atoms with Crippen molar-refractivity contribution < 1.29 is 8.42 Å². The van der Waals surface area contributed by atoms with E-state index in [9.17, 15) is 8.42 Å². The number of sulfonamides is 1. The summed E-state index contributed by atoms with van der Waals surface area (Å²) in [4.78, 5) is 0.309. The standard InChI is InChI=1S/C17H23N3O2S/c1-17(2,3)16-15(12-19(4)18-16)23(21,22)20-11-7-9-13-8-5-6-10-14(13)20/h5-6,8,10,12H,7,9,11H2,1-4H3. The fourth-order valence-electron chi connectivity index (χ4n) is 3.04. The highest BCUT2D eigenvalue weighted by Gasteiger charge is 2.35. The molecule has 124 valence electrons. The van der Waals surface area contributed by atoms with Crippen LogP contribution in [0, 0.1) is 0 Å². The number of nitrogens with zero attached hydrogens (tertiary/aromatic N) is 3. The van der Waals surface area contributed by atoms with Gasteiger partial charge in [0.2, 0.25) is 0 Å². The van der Waals surface area contributed by atoms with Gasteiger partial charge in [0, 0.05) is 25.2 Å². The molecule has 0 N–H and O–H groups in total. The second kappa shape index (κ2) is 5.37. The summed E-state index contributed by atoms with van der Waals surface area (Å²) in [5.74, 6) is 0. The van der Waals surface area contributed by atoms with Gasteiger partial charge < -0.3 is 0 Å². The van der Waals surface area contributed by atoms with E-state index in [0.29, 0.717) is 17.1 Å². The van der Waals surface area contributed by atoms with Crippen LogP contribution in [0.4, 0.5) is 5.69 Å². The van der Waals surface area contributed by atoms with E-state index >= 15 is 0 Å². The van der Waals surface area contributed by atoms with Crippen LogP contribution in [0.15, 0.2) is 35.4 Å². The predicted molar refractivity (Wildman–Crippen MR) is 91.2 cm³/mol. The van der Waals surface area contributed by atoms with Crippen molar-refractivity contribution in [1.29, 1.82) is 0 Å². The molecule has 23 heavy (non-hydrogen) atoms. The maximum absolute atomic E-state index is 13.3. The van der Waals surface area contributed by atoms with Gasteiger partial charge in [-0.1, -0.05) is 39.0 Å². The number of hydrogen-bond acceptors (Lipinski definition) is 3. The monoisotopic (exact) mass is 333 g/mol. The lowest BCUT2D eigenvalue weighted by molar-refractivity contribution is 0.536. The molecule has 0 spiro atoms. The van der Waals surface area contributed by atoms with Gasteiger partial charge in [-0.05, 0) is 24.5 Å². The second-order valence-corrected chi connectivity index (χ2v) is 8.91. The lowest BCUT2D eigenvalue weighted by atomic mass is 9.92. The molecule has 0 saturated heterocycles. The Balaban J connectivity index is 2.15. The van der Waals surface area contributed by atoms with E-state index < -0.39 is 10.0 Å². The van der Waals surface area contributed by atoms with E-state index in [1.54, 1.807) is 17.9 Å². The van der Waals surface area contributed by atoms with Gasteiger partial charge in [-0.3, -0.25) is 8.99 Å². The van der Waals surface area contributed by atoms with Crippen LogP contribution in [-0.4, -0.2) is 24.7 Å². The minimum atomic E-state index is -3.62. The number of fused-ring (bicyclic) bond motifs is 1. The average Bonchev–Trinajstić information content (AvgIpc) is 2.89. The van der Waals surface area contributed by atoms with E-state index in [1.165, 1.54) is 4.31 Å². The predicted octanol–water partition coefficient (Wildman–Crippen LogP) is 2.86. The molecule has 0 unspecified atom stereocenters. The Morgan fingerprint density at radius 1 is 1.17 bits per heavy atom. The molecule has 5 nitrogen and oxygen atoms in total. The molecule has 0 atom stereocenters. The average molecular weight is 333 g/mol. The van der Waals surface area contributed by atoms with E-state index in [-0.39, 0.29) is 5.41 Å². The molecule has 0 bridgehead atoms. The SMILES string of the molecule is Cn1cc(S(=O)(=O)N2CCCc3ccccc32)c(C(C)(C)C)n1. The maximum Gasteiger partial charge on any atom is 0.267 e. The smallest absolute Gasteiger partial charge is 0.267 e. The number of para-hydroxylation sites is 1. The molecule has 0 fully saturated rings. The van der Waals surface area contributed by atoms with Crippen molar-refractivity contribution in [1.82, 2.24) is 9.78 Å².